The van der Waals surface area contributed by atoms with Gasteiger partial charge in [0.1, 0.15) is 17.6 Å². The van der Waals surface area contributed by atoms with Gasteiger partial charge in [-0.05, 0) is 44.0 Å². The molecule has 124 valence electrons. The summed E-state index contributed by atoms with van der Waals surface area (Å²) in [6.07, 6.45) is 4.29. The highest BCUT2D eigenvalue weighted by Crippen LogP contribution is 2.26. The van der Waals surface area contributed by atoms with Gasteiger partial charge in [-0.25, -0.2) is 4.79 Å². The number of hydrogen-bond acceptors (Lipinski definition) is 3. The maximum Gasteiger partial charge on any atom is 0.322 e. The molecule has 24 heavy (non-hydrogen) atoms. The fourth-order valence-electron chi connectivity index (χ4n) is 3.20. The summed E-state index contributed by atoms with van der Waals surface area (Å²) in [6.45, 7) is 2.34. The van der Waals surface area contributed by atoms with E-state index < -0.39 is 0 Å². The lowest BCUT2D eigenvalue weighted by Crippen LogP contribution is -2.41. The number of anilines is 1. The lowest BCUT2D eigenvalue weighted by Gasteiger charge is -2.28. The van der Waals surface area contributed by atoms with Crippen LogP contribution in [-0.4, -0.2) is 17.0 Å². The van der Waals surface area contributed by atoms with E-state index >= 15 is 0 Å². The van der Waals surface area contributed by atoms with Crippen LogP contribution in [0.3, 0.4) is 0 Å². The summed E-state index contributed by atoms with van der Waals surface area (Å²) in [6, 6.07) is 13.0. The normalized spacial score (nSPS) is 14.3. The average molecular weight is 323 g/mol. The smallest absolute Gasteiger partial charge is 0.322 e. The summed E-state index contributed by atoms with van der Waals surface area (Å²) in [5.41, 5.74) is 1.01. The lowest BCUT2D eigenvalue weighted by molar-refractivity contribution is 0.178. The van der Waals surface area contributed by atoms with Gasteiger partial charge >= 0.3 is 6.03 Å². The van der Waals surface area contributed by atoms with Crippen LogP contribution in [0.2, 0.25) is 0 Å². The van der Waals surface area contributed by atoms with Crippen molar-refractivity contribution in [2.75, 3.05) is 5.32 Å². The van der Waals surface area contributed by atoms with E-state index in [-0.39, 0.29) is 12.1 Å². The molecule has 0 saturated heterocycles. The Morgan fingerprint density at radius 2 is 2.04 bits per heavy atom. The Morgan fingerprint density at radius 1 is 1.29 bits per heavy atom. The number of para-hydroxylation sites is 1. The van der Waals surface area contributed by atoms with Gasteiger partial charge in [0.2, 0.25) is 0 Å². The first-order valence-electron chi connectivity index (χ1n) is 8.29. The number of furan rings is 1. The second kappa shape index (κ2) is 7.22. The molecule has 1 heterocycles. The molecule has 0 aliphatic heterocycles. The first-order valence-corrected chi connectivity index (χ1v) is 8.29. The highest BCUT2D eigenvalue weighted by atomic mass is 16.3. The number of rotatable bonds is 4. The molecule has 2 aromatic rings. The Labute approximate surface area is 141 Å². The number of nitrogens with zero attached hydrogens (tertiary/aromatic N) is 2. The van der Waals surface area contributed by atoms with Gasteiger partial charge in [-0.3, -0.25) is 0 Å². The molecule has 1 aromatic carbocycles. The van der Waals surface area contributed by atoms with Crippen molar-refractivity contribution in [2.45, 2.75) is 45.2 Å². The van der Waals surface area contributed by atoms with E-state index in [1.807, 2.05) is 30.0 Å². The topological polar surface area (TPSA) is 69.3 Å². The summed E-state index contributed by atoms with van der Waals surface area (Å²) in [7, 11) is 0. The maximum absolute atomic E-state index is 12.8. The second-order valence-corrected chi connectivity index (χ2v) is 6.17. The van der Waals surface area contributed by atoms with Gasteiger partial charge in [0, 0.05) is 6.04 Å². The number of amides is 2. The first kappa shape index (κ1) is 16.1. The van der Waals surface area contributed by atoms with Crippen LogP contribution in [0, 0.1) is 18.3 Å². The molecule has 2 amide bonds. The van der Waals surface area contributed by atoms with Crippen LogP contribution < -0.4 is 5.32 Å². The highest BCUT2D eigenvalue weighted by molar-refractivity contribution is 5.91. The zero-order valence-electron chi connectivity index (χ0n) is 13.8. The Kier molecular flexibility index (Phi) is 4.85. The quantitative estimate of drug-likeness (QED) is 0.904. The fourth-order valence-corrected chi connectivity index (χ4v) is 3.20. The number of hydrogen-bond donors (Lipinski definition) is 1. The number of aryl methyl sites for hydroxylation is 1. The number of nitrogens with one attached hydrogen (secondary N) is 1. The largest absolute Gasteiger partial charge is 0.464 e. The van der Waals surface area contributed by atoms with Crippen LogP contribution in [-0.2, 0) is 6.54 Å². The van der Waals surface area contributed by atoms with Gasteiger partial charge in [-0.2, -0.15) is 5.26 Å². The van der Waals surface area contributed by atoms with E-state index in [9.17, 15) is 10.1 Å². The van der Waals surface area contributed by atoms with Crippen molar-refractivity contribution >= 4 is 11.7 Å². The van der Waals surface area contributed by atoms with E-state index in [1.54, 1.807) is 18.2 Å². The highest BCUT2D eigenvalue weighted by Gasteiger charge is 2.28. The summed E-state index contributed by atoms with van der Waals surface area (Å²) >= 11 is 0. The molecule has 5 heteroatoms. The van der Waals surface area contributed by atoms with Crippen LogP contribution in [0.15, 0.2) is 40.8 Å². The molecule has 1 aromatic heterocycles. The summed E-state index contributed by atoms with van der Waals surface area (Å²) in [5.74, 6) is 1.62. The number of nitriles is 1. The molecule has 1 fully saturated rings. The van der Waals surface area contributed by atoms with Crippen LogP contribution in [0.5, 0.6) is 0 Å². The van der Waals surface area contributed by atoms with Crippen molar-refractivity contribution in [2.24, 2.45) is 0 Å². The summed E-state index contributed by atoms with van der Waals surface area (Å²) in [5, 5.41) is 12.1. The van der Waals surface area contributed by atoms with Crippen LogP contribution >= 0.6 is 0 Å². The lowest BCUT2D eigenvalue weighted by atomic mass is 10.2. The molecule has 5 nitrogen and oxygen atoms in total. The standard InChI is InChI=1S/C19H21N3O2/c1-14-10-11-17(24-14)13-22(16-7-3-4-8-16)19(23)21-18-9-5-2-6-15(18)12-20/h2,5-6,9-11,16H,3-4,7-8,13H2,1H3,(H,21,23). The second-order valence-electron chi connectivity index (χ2n) is 6.17. The van der Waals surface area contributed by atoms with Gasteiger partial charge in [0.05, 0.1) is 17.8 Å². The zero-order chi connectivity index (χ0) is 16.9. The minimum absolute atomic E-state index is 0.182. The molecule has 3 rings (SSSR count). The monoisotopic (exact) mass is 323 g/mol. The number of urea groups is 1. The van der Waals surface area contributed by atoms with E-state index in [0.29, 0.717) is 17.8 Å². The average Bonchev–Trinajstić information content (AvgIpc) is 3.24. The molecule has 1 aliphatic carbocycles. The SMILES string of the molecule is Cc1ccc(CN(C(=O)Nc2ccccc2C#N)C2CCCC2)o1. The van der Waals surface area contributed by atoms with Crippen molar-refractivity contribution in [1.82, 2.24) is 4.90 Å². The van der Waals surface area contributed by atoms with Crippen LogP contribution in [0.4, 0.5) is 10.5 Å². The van der Waals surface area contributed by atoms with Crippen LogP contribution in [0.1, 0.15) is 42.8 Å². The predicted octanol–water partition coefficient (Wildman–Crippen LogP) is 4.44. The van der Waals surface area contributed by atoms with Crippen molar-refractivity contribution in [3.8, 4) is 6.07 Å². The Bertz CT molecular complexity index is 754. The first-order chi connectivity index (χ1) is 11.7. The van der Waals surface area contributed by atoms with Crippen molar-refractivity contribution in [3.05, 3.63) is 53.5 Å². The van der Waals surface area contributed by atoms with Crippen molar-refractivity contribution in [3.63, 3.8) is 0 Å². The van der Waals surface area contributed by atoms with Crippen molar-refractivity contribution in [1.29, 1.82) is 5.26 Å². The summed E-state index contributed by atoms with van der Waals surface area (Å²) in [4.78, 5) is 14.7. The Morgan fingerprint density at radius 3 is 2.71 bits per heavy atom. The zero-order valence-corrected chi connectivity index (χ0v) is 13.8. The van der Waals surface area contributed by atoms with Gasteiger partial charge in [-0.15, -0.1) is 0 Å². The maximum atomic E-state index is 12.8. The molecule has 1 N–H and O–H groups in total. The van der Waals surface area contributed by atoms with Crippen LogP contribution in [0.25, 0.3) is 0 Å². The molecular formula is C19H21N3O2. The molecule has 0 spiro atoms. The number of carbonyl (C=O) groups excluding carboxylic acids is 1. The van der Waals surface area contributed by atoms with Gasteiger partial charge in [0.25, 0.3) is 0 Å². The third-order valence-electron chi connectivity index (χ3n) is 4.44. The summed E-state index contributed by atoms with van der Waals surface area (Å²) < 4.78 is 5.64. The number of benzene rings is 1. The minimum atomic E-state index is -0.182. The minimum Gasteiger partial charge on any atom is -0.464 e. The molecule has 0 radical (unpaired) electrons. The van der Waals surface area contributed by atoms with E-state index in [2.05, 4.69) is 11.4 Å². The Hall–Kier alpha value is -2.74. The van der Waals surface area contributed by atoms with Gasteiger partial charge < -0.3 is 14.6 Å². The molecule has 1 saturated carbocycles. The van der Waals surface area contributed by atoms with Gasteiger partial charge in [0.15, 0.2) is 0 Å². The van der Waals surface area contributed by atoms with E-state index in [1.165, 1.54) is 0 Å². The Balaban J connectivity index is 1.79. The molecule has 0 unspecified atom stereocenters. The number of carbonyl (C=O) groups is 1. The fraction of sp³-hybridized carbons (Fsp3) is 0.368. The molecule has 0 atom stereocenters. The third-order valence-corrected chi connectivity index (χ3v) is 4.44. The third kappa shape index (κ3) is 3.60. The molecular weight excluding hydrogens is 302 g/mol. The van der Waals surface area contributed by atoms with E-state index in [4.69, 9.17) is 4.42 Å². The molecule has 1 aliphatic rings. The van der Waals surface area contributed by atoms with E-state index in [0.717, 1.165) is 37.2 Å². The predicted molar refractivity (Wildman–Crippen MR) is 91.4 cm³/mol. The van der Waals surface area contributed by atoms with Gasteiger partial charge in [-0.1, -0.05) is 25.0 Å². The van der Waals surface area contributed by atoms with Crippen molar-refractivity contribution < 1.29 is 9.21 Å². The molecule has 0 bridgehead atoms.